The van der Waals surface area contributed by atoms with E-state index in [-0.39, 0.29) is 5.97 Å². The summed E-state index contributed by atoms with van der Waals surface area (Å²) in [7, 11) is 1.40. The Hall–Kier alpha value is -1.42. The van der Waals surface area contributed by atoms with E-state index < -0.39 is 0 Å². The first-order valence-electron chi connectivity index (χ1n) is 6.70. The van der Waals surface area contributed by atoms with Crippen LogP contribution in [-0.2, 0) is 11.2 Å². The number of hydrogen-bond acceptors (Lipinski definition) is 3. The van der Waals surface area contributed by atoms with E-state index in [0.29, 0.717) is 11.5 Å². The largest absolute Gasteiger partial charge is 0.465 e. The fourth-order valence-electron chi connectivity index (χ4n) is 2.14. The monoisotopic (exact) mass is 335 g/mol. The molecule has 0 amide bonds. The van der Waals surface area contributed by atoms with Crippen molar-refractivity contribution in [2.45, 2.75) is 26.7 Å². The molecule has 20 heavy (non-hydrogen) atoms. The molecule has 106 valence electrons. The lowest BCUT2D eigenvalue weighted by molar-refractivity contribution is 0.0598. The second-order valence-corrected chi connectivity index (χ2v) is 5.98. The van der Waals surface area contributed by atoms with Crippen LogP contribution in [0, 0.1) is 5.92 Å². The van der Waals surface area contributed by atoms with Crippen molar-refractivity contribution in [2.24, 2.45) is 5.92 Å². The first kappa shape index (κ1) is 15.0. The van der Waals surface area contributed by atoms with Crippen LogP contribution in [0.3, 0.4) is 0 Å². The Morgan fingerprint density at radius 3 is 2.70 bits per heavy atom. The number of carbonyl (C=O) groups is 1. The van der Waals surface area contributed by atoms with E-state index >= 15 is 0 Å². The van der Waals surface area contributed by atoms with Crippen LogP contribution in [0.25, 0.3) is 10.9 Å². The Morgan fingerprint density at radius 2 is 2.05 bits per heavy atom. The van der Waals surface area contributed by atoms with E-state index in [1.807, 2.05) is 24.3 Å². The number of rotatable bonds is 4. The van der Waals surface area contributed by atoms with Crippen LogP contribution in [0.2, 0.25) is 0 Å². The number of benzene rings is 1. The molecule has 0 radical (unpaired) electrons. The average molecular weight is 336 g/mol. The molecule has 1 heterocycles. The van der Waals surface area contributed by atoms with Gasteiger partial charge in [0.05, 0.1) is 23.9 Å². The van der Waals surface area contributed by atoms with Crippen LogP contribution in [-0.4, -0.2) is 18.1 Å². The van der Waals surface area contributed by atoms with E-state index in [4.69, 9.17) is 4.74 Å². The highest BCUT2D eigenvalue weighted by Crippen LogP contribution is 2.30. The molecule has 0 spiro atoms. The number of carbonyl (C=O) groups excluding carboxylic acids is 1. The third-order valence-corrected chi connectivity index (χ3v) is 4.08. The van der Waals surface area contributed by atoms with Gasteiger partial charge in [0, 0.05) is 9.86 Å². The van der Waals surface area contributed by atoms with Gasteiger partial charge in [0.25, 0.3) is 0 Å². The van der Waals surface area contributed by atoms with Crippen LogP contribution in [0.15, 0.2) is 28.7 Å². The number of methoxy groups -OCH3 is 1. The number of aromatic nitrogens is 1. The Balaban J connectivity index is 2.60. The van der Waals surface area contributed by atoms with E-state index in [2.05, 4.69) is 34.8 Å². The van der Waals surface area contributed by atoms with Crippen molar-refractivity contribution in [3.05, 3.63) is 40.0 Å². The van der Waals surface area contributed by atoms with Crippen molar-refractivity contribution < 1.29 is 9.53 Å². The number of para-hydroxylation sites is 1. The maximum atomic E-state index is 12.1. The van der Waals surface area contributed by atoms with Crippen LogP contribution < -0.4 is 0 Å². The Kier molecular flexibility index (Phi) is 4.76. The van der Waals surface area contributed by atoms with Crippen LogP contribution >= 0.6 is 15.9 Å². The molecule has 0 aliphatic heterocycles. The highest BCUT2D eigenvalue weighted by atomic mass is 79.9. The van der Waals surface area contributed by atoms with E-state index in [9.17, 15) is 4.79 Å². The molecule has 0 bridgehead atoms. The summed E-state index contributed by atoms with van der Waals surface area (Å²) in [6.45, 7) is 4.32. The number of pyridine rings is 1. The molecule has 1 aromatic heterocycles. The number of esters is 1. The van der Waals surface area contributed by atoms with E-state index in [0.717, 1.165) is 33.9 Å². The summed E-state index contributed by atoms with van der Waals surface area (Å²) in [5.74, 6) is 0.224. The van der Waals surface area contributed by atoms with Crippen molar-refractivity contribution >= 4 is 32.8 Å². The van der Waals surface area contributed by atoms with Gasteiger partial charge < -0.3 is 4.74 Å². The normalized spacial score (nSPS) is 11.1. The third-order valence-electron chi connectivity index (χ3n) is 3.25. The second-order valence-electron chi connectivity index (χ2n) is 5.19. The quantitative estimate of drug-likeness (QED) is 0.778. The lowest BCUT2D eigenvalue weighted by Gasteiger charge is -2.13. The molecular formula is C16H18BrNO2. The number of fused-ring (bicyclic) bond motifs is 1. The lowest BCUT2D eigenvalue weighted by atomic mass is 10.0. The first-order chi connectivity index (χ1) is 9.54. The zero-order valence-electron chi connectivity index (χ0n) is 11.9. The summed E-state index contributed by atoms with van der Waals surface area (Å²) in [4.78, 5) is 16.7. The summed E-state index contributed by atoms with van der Waals surface area (Å²) in [5, 5.41) is 0.932. The van der Waals surface area contributed by atoms with Crippen molar-refractivity contribution in [1.29, 1.82) is 0 Å². The maximum Gasteiger partial charge on any atom is 0.340 e. The Bertz CT molecular complexity index is 638. The zero-order valence-corrected chi connectivity index (χ0v) is 13.5. The Morgan fingerprint density at radius 1 is 1.35 bits per heavy atom. The summed E-state index contributed by atoms with van der Waals surface area (Å²) >= 11 is 3.54. The van der Waals surface area contributed by atoms with Gasteiger partial charge in [0.2, 0.25) is 0 Å². The highest BCUT2D eigenvalue weighted by molar-refractivity contribution is 9.10. The first-order valence-corrected chi connectivity index (χ1v) is 7.49. The molecule has 0 aliphatic carbocycles. The predicted octanol–water partition coefficient (Wildman–Crippen LogP) is 4.37. The fourth-order valence-corrected chi connectivity index (χ4v) is 2.86. The number of ether oxygens (including phenoxy) is 1. The van der Waals surface area contributed by atoms with Gasteiger partial charge in [0.15, 0.2) is 0 Å². The van der Waals surface area contributed by atoms with Gasteiger partial charge in [-0.1, -0.05) is 32.0 Å². The summed E-state index contributed by atoms with van der Waals surface area (Å²) in [5.41, 5.74) is 2.24. The number of hydrogen-bond donors (Lipinski definition) is 0. The van der Waals surface area contributed by atoms with E-state index in [1.54, 1.807) is 0 Å². The molecule has 3 nitrogen and oxygen atoms in total. The van der Waals surface area contributed by atoms with Gasteiger partial charge in [-0.2, -0.15) is 0 Å². The topological polar surface area (TPSA) is 39.2 Å². The van der Waals surface area contributed by atoms with Crippen LogP contribution in [0.4, 0.5) is 0 Å². The zero-order chi connectivity index (χ0) is 14.7. The highest BCUT2D eigenvalue weighted by Gasteiger charge is 2.20. The molecule has 2 rings (SSSR count). The van der Waals surface area contributed by atoms with Crippen molar-refractivity contribution in [1.82, 2.24) is 4.98 Å². The fraction of sp³-hybridized carbons (Fsp3) is 0.375. The van der Waals surface area contributed by atoms with Gasteiger partial charge in [0.1, 0.15) is 0 Å². The van der Waals surface area contributed by atoms with Crippen molar-refractivity contribution in [2.75, 3.05) is 7.11 Å². The van der Waals surface area contributed by atoms with Crippen molar-refractivity contribution in [3.8, 4) is 0 Å². The molecule has 0 aliphatic rings. The van der Waals surface area contributed by atoms with Gasteiger partial charge in [-0.3, -0.25) is 4.98 Å². The van der Waals surface area contributed by atoms with Gasteiger partial charge in [-0.25, -0.2) is 4.79 Å². The van der Waals surface area contributed by atoms with Crippen LogP contribution in [0.5, 0.6) is 0 Å². The van der Waals surface area contributed by atoms with E-state index in [1.165, 1.54) is 7.11 Å². The van der Waals surface area contributed by atoms with Gasteiger partial charge in [-0.05, 0) is 40.8 Å². The predicted molar refractivity (Wildman–Crippen MR) is 83.9 cm³/mol. The SMILES string of the molecule is COC(=O)c1c(CCC(C)C)nc2ccccc2c1Br. The molecule has 0 unspecified atom stereocenters. The molecule has 0 fully saturated rings. The minimum absolute atomic E-state index is 0.339. The average Bonchev–Trinajstić information content (AvgIpc) is 2.44. The maximum absolute atomic E-state index is 12.1. The summed E-state index contributed by atoms with van der Waals surface area (Å²) in [6.07, 6.45) is 1.76. The van der Waals surface area contributed by atoms with Crippen LogP contribution in [0.1, 0.15) is 36.3 Å². The standard InChI is InChI=1S/C16H18BrNO2/c1-10(2)8-9-13-14(16(19)20-3)15(17)11-6-4-5-7-12(11)18-13/h4-7,10H,8-9H2,1-3H3. The van der Waals surface area contributed by atoms with Crippen molar-refractivity contribution in [3.63, 3.8) is 0 Å². The molecule has 0 saturated carbocycles. The third kappa shape index (κ3) is 3.01. The molecule has 4 heteroatoms. The Labute approximate surface area is 127 Å². The molecule has 0 N–H and O–H groups in total. The number of aryl methyl sites for hydroxylation is 1. The minimum atomic E-state index is -0.339. The number of halogens is 1. The smallest absolute Gasteiger partial charge is 0.340 e. The molecular weight excluding hydrogens is 318 g/mol. The summed E-state index contributed by atoms with van der Waals surface area (Å²) in [6, 6.07) is 7.79. The lowest BCUT2D eigenvalue weighted by Crippen LogP contribution is -2.10. The second kappa shape index (κ2) is 6.35. The molecule has 2 aromatic rings. The minimum Gasteiger partial charge on any atom is -0.465 e. The van der Waals surface area contributed by atoms with Gasteiger partial charge >= 0.3 is 5.97 Å². The molecule has 0 saturated heterocycles. The van der Waals surface area contributed by atoms with Gasteiger partial charge in [-0.15, -0.1) is 0 Å². The molecule has 0 atom stereocenters. The number of nitrogens with zero attached hydrogens (tertiary/aromatic N) is 1. The molecule has 1 aromatic carbocycles. The summed E-state index contributed by atoms with van der Waals surface area (Å²) < 4.78 is 5.68.